The average Bonchev–Trinajstić information content (AvgIpc) is 3.54. The highest BCUT2D eigenvalue weighted by Crippen LogP contribution is 2.55. The number of aryl methyl sites for hydroxylation is 1. The number of carbonyl (C=O) groups is 1. The second-order valence-electron chi connectivity index (χ2n) is 8.11. The minimum Gasteiger partial charge on any atom is -0.489 e. The Morgan fingerprint density at radius 2 is 1.79 bits per heavy atom. The van der Waals surface area contributed by atoms with Crippen LogP contribution in [0.15, 0.2) is 42.6 Å². The van der Waals surface area contributed by atoms with Gasteiger partial charge in [0.25, 0.3) is 0 Å². The van der Waals surface area contributed by atoms with Gasteiger partial charge in [0.1, 0.15) is 11.5 Å². The molecule has 1 N–H and O–H groups in total. The second kappa shape index (κ2) is 9.38. The Kier molecular flexibility index (Phi) is 6.52. The van der Waals surface area contributed by atoms with Gasteiger partial charge in [-0.15, -0.1) is 0 Å². The van der Waals surface area contributed by atoms with Gasteiger partial charge in [-0.3, -0.25) is 4.79 Å². The minimum atomic E-state index is -1.10. The Bertz CT molecular complexity index is 1240. The summed E-state index contributed by atoms with van der Waals surface area (Å²) in [4.78, 5) is 21.4. The van der Waals surface area contributed by atoms with Crippen LogP contribution in [0.3, 0.4) is 0 Å². The maximum atomic E-state index is 14.0. The first kappa shape index (κ1) is 23.6. The van der Waals surface area contributed by atoms with E-state index in [-0.39, 0.29) is 25.3 Å². The van der Waals surface area contributed by atoms with Crippen molar-refractivity contribution in [2.24, 2.45) is 5.92 Å². The van der Waals surface area contributed by atoms with Crippen LogP contribution in [0.25, 0.3) is 0 Å². The van der Waals surface area contributed by atoms with Crippen molar-refractivity contribution in [3.8, 4) is 5.75 Å². The van der Waals surface area contributed by atoms with E-state index < -0.39 is 40.5 Å². The van der Waals surface area contributed by atoms with Crippen LogP contribution in [0.4, 0.5) is 23.2 Å². The molecule has 3 aromatic rings. The molecule has 1 saturated carbocycles. The molecule has 0 bridgehead atoms. The van der Waals surface area contributed by atoms with Crippen LogP contribution < -0.4 is 10.1 Å². The number of ether oxygens (including phenoxy) is 2. The molecule has 0 spiro atoms. The SMILES string of the molecule is COCc1nc(C)ncc1OCC1(c2ccc(F)c(F)c2)CC1C(=O)Nc1ccc(F)c(F)c1. The van der Waals surface area contributed by atoms with Crippen molar-refractivity contribution in [1.82, 2.24) is 9.97 Å². The fourth-order valence-corrected chi connectivity index (χ4v) is 3.89. The zero-order valence-corrected chi connectivity index (χ0v) is 18.4. The Morgan fingerprint density at radius 1 is 1.09 bits per heavy atom. The lowest BCUT2D eigenvalue weighted by molar-refractivity contribution is -0.117. The number of anilines is 1. The summed E-state index contributed by atoms with van der Waals surface area (Å²) in [5.41, 5.74) is -0.0332. The standard InChI is InChI=1S/C24H21F4N3O3/c1-13-29-10-22(21(30-13)11-33-2)34-12-24(14-3-5-17(25)19(27)7-14)9-16(24)23(32)31-15-4-6-18(26)20(28)8-15/h3-8,10,16H,9,11-12H2,1-2H3,(H,31,32). The minimum absolute atomic E-state index is 0.0585. The number of rotatable bonds is 8. The van der Waals surface area contributed by atoms with Crippen molar-refractivity contribution in [1.29, 1.82) is 0 Å². The van der Waals surface area contributed by atoms with Gasteiger partial charge < -0.3 is 14.8 Å². The van der Waals surface area contributed by atoms with Crippen molar-refractivity contribution < 1.29 is 31.8 Å². The lowest BCUT2D eigenvalue weighted by atomic mass is 9.93. The second-order valence-corrected chi connectivity index (χ2v) is 8.11. The average molecular weight is 475 g/mol. The molecule has 1 aliphatic carbocycles. The number of benzene rings is 2. The molecule has 1 fully saturated rings. The lowest BCUT2D eigenvalue weighted by Gasteiger charge is -2.20. The topological polar surface area (TPSA) is 73.3 Å². The highest BCUT2D eigenvalue weighted by Gasteiger charge is 2.60. The monoisotopic (exact) mass is 475 g/mol. The zero-order chi connectivity index (χ0) is 24.5. The van der Waals surface area contributed by atoms with Crippen molar-refractivity contribution in [3.05, 3.63) is 82.9 Å². The maximum absolute atomic E-state index is 14.0. The fourth-order valence-electron chi connectivity index (χ4n) is 3.89. The van der Waals surface area contributed by atoms with Gasteiger partial charge in [-0.05, 0) is 43.2 Å². The van der Waals surface area contributed by atoms with E-state index in [0.29, 0.717) is 22.8 Å². The maximum Gasteiger partial charge on any atom is 0.228 e. The third kappa shape index (κ3) is 4.72. The largest absolute Gasteiger partial charge is 0.489 e. The van der Waals surface area contributed by atoms with E-state index in [1.54, 1.807) is 6.92 Å². The van der Waals surface area contributed by atoms with Crippen molar-refractivity contribution in [2.75, 3.05) is 19.0 Å². The molecule has 6 nitrogen and oxygen atoms in total. The quantitative estimate of drug-likeness (QED) is 0.487. The van der Waals surface area contributed by atoms with Crippen LogP contribution in [0.2, 0.25) is 0 Å². The summed E-state index contributed by atoms with van der Waals surface area (Å²) in [5, 5.41) is 2.55. The molecule has 178 valence electrons. The summed E-state index contributed by atoms with van der Waals surface area (Å²) in [7, 11) is 1.50. The van der Waals surface area contributed by atoms with Gasteiger partial charge >= 0.3 is 0 Å². The smallest absolute Gasteiger partial charge is 0.228 e. The van der Waals surface area contributed by atoms with E-state index >= 15 is 0 Å². The summed E-state index contributed by atoms with van der Waals surface area (Å²) in [5.74, 6) is -4.54. The van der Waals surface area contributed by atoms with Crippen LogP contribution in [0.5, 0.6) is 5.75 Å². The molecule has 10 heteroatoms. The van der Waals surface area contributed by atoms with Crippen molar-refractivity contribution in [3.63, 3.8) is 0 Å². The molecule has 34 heavy (non-hydrogen) atoms. The number of hydrogen-bond acceptors (Lipinski definition) is 5. The summed E-state index contributed by atoms with van der Waals surface area (Å²) in [6.45, 7) is 1.82. The number of hydrogen-bond donors (Lipinski definition) is 1. The molecular weight excluding hydrogens is 454 g/mol. The van der Waals surface area contributed by atoms with Crippen LogP contribution >= 0.6 is 0 Å². The molecule has 4 rings (SSSR count). The number of amides is 1. The molecule has 1 amide bonds. The number of aromatic nitrogens is 2. The predicted octanol–water partition coefficient (Wildman–Crippen LogP) is 4.46. The summed E-state index contributed by atoms with van der Waals surface area (Å²) in [6.07, 6.45) is 1.74. The molecule has 0 aliphatic heterocycles. The highest BCUT2D eigenvalue weighted by atomic mass is 19.2. The molecule has 0 radical (unpaired) electrons. The molecule has 1 aliphatic rings. The van der Waals surface area contributed by atoms with Gasteiger partial charge in [-0.25, -0.2) is 27.5 Å². The fraction of sp³-hybridized carbons (Fsp3) is 0.292. The van der Waals surface area contributed by atoms with E-state index in [4.69, 9.17) is 9.47 Å². The third-order valence-electron chi connectivity index (χ3n) is 5.79. The van der Waals surface area contributed by atoms with Crippen LogP contribution in [-0.4, -0.2) is 29.6 Å². The Balaban J connectivity index is 1.60. The van der Waals surface area contributed by atoms with E-state index in [0.717, 1.165) is 24.3 Å². The van der Waals surface area contributed by atoms with Crippen LogP contribution in [-0.2, 0) is 21.6 Å². The number of nitrogens with one attached hydrogen (secondary N) is 1. The van der Waals surface area contributed by atoms with Crippen molar-refractivity contribution in [2.45, 2.75) is 25.4 Å². The molecule has 2 atom stereocenters. The first-order chi connectivity index (χ1) is 16.2. The van der Waals surface area contributed by atoms with E-state index in [9.17, 15) is 22.4 Å². The van der Waals surface area contributed by atoms with Crippen LogP contribution in [0.1, 0.15) is 23.5 Å². The van der Waals surface area contributed by atoms with Crippen molar-refractivity contribution >= 4 is 11.6 Å². The number of halogens is 4. The number of carbonyl (C=O) groups excluding carboxylic acids is 1. The van der Waals surface area contributed by atoms with Gasteiger partial charge in [0.15, 0.2) is 29.0 Å². The predicted molar refractivity (Wildman–Crippen MR) is 114 cm³/mol. The van der Waals surface area contributed by atoms with Gasteiger partial charge in [-0.1, -0.05) is 6.07 Å². The zero-order valence-electron chi connectivity index (χ0n) is 18.4. The molecule has 1 aromatic heterocycles. The first-order valence-corrected chi connectivity index (χ1v) is 10.4. The summed E-state index contributed by atoms with van der Waals surface area (Å²) < 4.78 is 65.4. The Labute approximate surface area is 192 Å². The van der Waals surface area contributed by atoms with Gasteiger partial charge in [0, 0.05) is 24.3 Å². The Hall–Kier alpha value is -3.53. The van der Waals surface area contributed by atoms with Gasteiger partial charge in [0.2, 0.25) is 5.91 Å². The van der Waals surface area contributed by atoms with Crippen LogP contribution in [0, 0.1) is 36.1 Å². The molecule has 2 aromatic carbocycles. The van der Waals surface area contributed by atoms with Gasteiger partial charge in [0.05, 0.1) is 25.3 Å². The molecule has 1 heterocycles. The normalized spacial score (nSPS) is 19.1. The van der Waals surface area contributed by atoms with Gasteiger partial charge in [-0.2, -0.15) is 0 Å². The summed E-state index contributed by atoms with van der Waals surface area (Å²) in [6, 6.07) is 6.42. The lowest BCUT2D eigenvalue weighted by Crippen LogP contribution is -2.27. The molecule has 0 saturated heterocycles. The van der Waals surface area contributed by atoms with E-state index in [1.165, 1.54) is 25.4 Å². The third-order valence-corrected chi connectivity index (χ3v) is 5.79. The Morgan fingerprint density at radius 3 is 2.47 bits per heavy atom. The first-order valence-electron chi connectivity index (χ1n) is 10.4. The highest BCUT2D eigenvalue weighted by molar-refractivity contribution is 5.96. The van der Waals surface area contributed by atoms with E-state index in [2.05, 4.69) is 15.3 Å². The number of methoxy groups -OCH3 is 1. The summed E-state index contributed by atoms with van der Waals surface area (Å²) >= 11 is 0. The number of nitrogens with zero attached hydrogens (tertiary/aromatic N) is 2. The van der Waals surface area contributed by atoms with E-state index in [1.807, 2.05) is 0 Å². The molecule has 2 unspecified atom stereocenters. The molecular formula is C24H21F4N3O3.